The predicted octanol–water partition coefficient (Wildman–Crippen LogP) is 3.40. The van der Waals surface area contributed by atoms with Crippen molar-refractivity contribution in [3.05, 3.63) is 35.1 Å². The largest absolute Gasteiger partial charge is 0.377 e. The predicted molar refractivity (Wildman–Crippen MR) is 62.7 cm³/mol. The van der Waals surface area contributed by atoms with Crippen molar-refractivity contribution in [2.24, 2.45) is 5.92 Å². The van der Waals surface area contributed by atoms with E-state index in [9.17, 15) is 4.39 Å². The van der Waals surface area contributed by atoms with Crippen molar-refractivity contribution in [2.75, 3.05) is 6.61 Å². The Morgan fingerprint density at radius 1 is 1.41 bits per heavy atom. The fourth-order valence-electron chi connectivity index (χ4n) is 1.99. The van der Waals surface area contributed by atoms with Crippen LogP contribution < -0.4 is 0 Å². The molecule has 0 radical (unpaired) electrons. The molecule has 1 saturated carbocycles. The Morgan fingerprint density at radius 2 is 2.24 bits per heavy atom. The first-order chi connectivity index (χ1) is 8.31. The number of hydrogen-bond donors (Lipinski definition) is 0. The molecule has 0 saturated heterocycles. The smallest absolute Gasteiger partial charge is 0.146 e. The van der Waals surface area contributed by atoms with Crippen molar-refractivity contribution in [2.45, 2.75) is 32.3 Å². The van der Waals surface area contributed by atoms with Gasteiger partial charge >= 0.3 is 0 Å². The van der Waals surface area contributed by atoms with Gasteiger partial charge in [0.05, 0.1) is 12.2 Å². The van der Waals surface area contributed by atoms with Crippen LogP contribution in [0.4, 0.5) is 4.39 Å². The Labute approximate surface area is 101 Å². The third kappa shape index (κ3) is 3.04. The van der Waals surface area contributed by atoms with Gasteiger partial charge in [-0.2, -0.15) is 5.26 Å². The second-order valence-corrected chi connectivity index (χ2v) is 4.53. The van der Waals surface area contributed by atoms with Crippen LogP contribution in [0.25, 0.3) is 0 Å². The van der Waals surface area contributed by atoms with Gasteiger partial charge in [0.2, 0.25) is 0 Å². The maximum absolute atomic E-state index is 13.6. The molecule has 1 aromatic carbocycles. The van der Waals surface area contributed by atoms with Crippen molar-refractivity contribution >= 4 is 0 Å². The van der Waals surface area contributed by atoms with E-state index in [2.05, 4.69) is 0 Å². The van der Waals surface area contributed by atoms with Gasteiger partial charge in [-0.1, -0.05) is 31.4 Å². The van der Waals surface area contributed by atoms with Crippen LogP contribution >= 0.6 is 0 Å². The summed E-state index contributed by atoms with van der Waals surface area (Å²) in [6.45, 7) is 0.939. The lowest BCUT2D eigenvalue weighted by Crippen LogP contribution is -2.13. The number of nitriles is 1. The summed E-state index contributed by atoms with van der Waals surface area (Å²) < 4.78 is 19.1. The average molecular weight is 233 g/mol. The van der Waals surface area contributed by atoms with E-state index in [4.69, 9.17) is 10.00 Å². The first kappa shape index (κ1) is 12.1. The molecule has 0 atom stereocenters. The normalized spacial score (nSPS) is 15.3. The maximum Gasteiger partial charge on any atom is 0.146 e. The highest BCUT2D eigenvalue weighted by molar-refractivity contribution is 5.34. The third-order valence-corrected chi connectivity index (χ3v) is 3.35. The number of halogens is 1. The molecule has 1 aliphatic carbocycles. The molecule has 2 rings (SSSR count). The van der Waals surface area contributed by atoms with Crippen LogP contribution in [0.2, 0.25) is 0 Å². The molecule has 0 N–H and O–H groups in total. The molecular formula is C14H16FNO. The molecule has 0 spiro atoms. The van der Waals surface area contributed by atoms with E-state index in [0.29, 0.717) is 12.2 Å². The Morgan fingerprint density at radius 3 is 2.88 bits per heavy atom. The van der Waals surface area contributed by atoms with Gasteiger partial charge in [0.1, 0.15) is 11.9 Å². The van der Waals surface area contributed by atoms with Crippen molar-refractivity contribution in [3.8, 4) is 6.07 Å². The third-order valence-electron chi connectivity index (χ3n) is 3.35. The van der Waals surface area contributed by atoms with Crippen molar-refractivity contribution in [3.63, 3.8) is 0 Å². The van der Waals surface area contributed by atoms with Crippen LogP contribution in [-0.2, 0) is 11.3 Å². The molecule has 17 heavy (non-hydrogen) atoms. The van der Waals surface area contributed by atoms with E-state index < -0.39 is 5.82 Å². The second kappa shape index (κ2) is 5.79. The molecule has 0 heterocycles. The zero-order valence-electron chi connectivity index (χ0n) is 9.79. The van der Waals surface area contributed by atoms with Crippen molar-refractivity contribution < 1.29 is 9.13 Å². The first-order valence-corrected chi connectivity index (χ1v) is 6.06. The highest BCUT2D eigenvalue weighted by Gasteiger charge is 2.16. The summed E-state index contributed by atoms with van der Waals surface area (Å²) in [6, 6.07) is 6.66. The lowest BCUT2D eigenvalue weighted by molar-refractivity contribution is 0.0931. The van der Waals surface area contributed by atoms with E-state index in [1.165, 1.54) is 25.3 Å². The summed E-state index contributed by atoms with van der Waals surface area (Å²) in [7, 11) is 0. The number of nitrogens with zero attached hydrogens (tertiary/aromatic N) is 1. The van der Waals surface area contributed by atoms with Gasteiger partial charge in [-0.3, -0.25) is 0 Å². The molecule has 1 aromatic rings. The minimum atomic E-state index is -0.446. The lowest BCUT2D eigenvalue weighted by atomic mass is 9.83. The van der Waals surface area contributed by atoms with E-state index in [-0.39, 0.29) is 12.2 Å². The maximum atomic E-state index is 13.6. The summed E-state index contributed by atoms with van der Waals surface area (Å²) in [5.41, 5.74) is 0.558. The fraction of sp³-hybridized carbons (Fsp3) is 0.500. The lowest BCUT2D eigenvalue weighted by Gasteiger charge is -2.24. The van der Waals surface area contributed by atoms with E-state index in [1.807, 2.05) is 6.07 Å². The monoisotopic (exact) mass is 233 g/mol. The molecular weight excluding hydrogens is 217 g/mol. The number of rotatable bonds is 5. The Hall–Kier alpha value is -1.40. The molecule has 3 heteroatoms. The van der Waals surface area contributed by atoms with Gasteiger partial charge in [0, 0.05) is 12.2 Å². The van der Waals surface area contributed by atoms with Gasteiger partial charge in [0.25, 0.3) is 0 Å². The molecule has 0 bridgehead atoms. The van der Waals surface area contributed by atoms with Gasteiger partial charge < -0.3 is 4.74 Å². The average Bonchev–Trinajstić information content (AvgIpc) is 2.28. The summed E-state index contributed by atoms with van der Waals surface area (Å²) in [6.07, 6.45) is 5.02. The number of benzene rings is 1. The highest BCUT2D eigenvalue weighted by Crippen LogP contribution is 2.29. The number of hydrogen-bond acceptors (Lipinski definition) is 2. The summed E-state index contributed by atoms with van der Waals surface area (Å²) >= 11 is 0. The minimum absolute atomic E-state index is 0.0880. The summed E-state index contributed by atoms with van der Waals surface area (Å²) in [5.74, 6) is 0.365. The summed E-state index contributed by atoms with van der Waals surface area (Å²) in [5, 5.41) is 8.70. The molecule has 90 valence electrons. The van der Waals surface area contributed by atoms with Crippen LogP contribution in [0.15, 0.2) is 18.2 Å². The zero-order valence-corrected chi connectivity index (χ0v) is 9.79. The Kier molecular flexibility index (Phi) is 4.11. The quantitative estimate of drug-likeness (QED) is 0.730. The van der Waals surface area contributed by atoms with E-state index >= 15 is 0 Å². The molecule has 2 nitrogen and oxygen atoms in total. The van der Waals surface area contributed by atoms with Crippen molar-refractivity contribution in [1.82, 2.24) is 0 Å². The Bertz CT molecular complexity index is 421. The van der Waals surface area contributed by atoms with Gasteiger partial charge in [-0.15, -0.1) is 0 Å². The Balaban J connectivity index is 1.80. The molecule has 0 aliphatic heterocycles. The van der Waals surface area contributed by atoms with Crippen LogP contribution in [0.1, 0.15) is 36.8 Å². The minimum Gasteiger partial charge on any atom is -0.377 e. The van der Waals surface area contributed by atoms with Crippen molar-refractivity contribution in [1.29, 1.82) is 5.26 Å². The standard InChI is InChI=1S/C14H16FNO/c15-14-12(9-16)5-2-6-13(14)10-17-8-7-11-3-1-4-11/h2,5-6,11H,1,3-4,7-8,10H2. The molecule has 1 fully saturated rings. The SMILES string of the molecule is N#Cc1cccc(COCCC2CCC2)c1F. The van der Waals surface area contributed by atoms with E-state index in [0.717, 1.165) is 12.3 Å². The van der Waals surface area contributed by atoms with Gasteiger partial charge in [-0.25, -0.2) is 4.39 Å². The number of ether oxygens (including phenoxy) is 1. The van der Waals surface area contributed by atoms with Crippen LogP contribution in [0.3, 0.4) is 0 Å². The molecule has 0 aromatic heterocycles. The van der Waals surface area contributed by atoms with E-state index in [1.54, 1.807) is 12.1 Å². The zero-order chi connectivity index (χ0) is 12.1. The van der Waals surface area contributed by atoms with Crippen LogP contribution in [0.5, 0.6) is 0 Å². The molecule has 1 aliphatic rings. The highest BCUT2D eigenvalue weighted by atomic mass is 19.1. The summed E-state index contributed by atoms with van der Waals surface area (Å²) in [4.78, 5) is 0. The van der Waals surface area contributed by atoms with Crippen LogP contribution in [-0.4, -0.2) is 6.61 Å². The first-order valence-electron chi connectivity index (χ1n) is 6.06. The fourth-order valence-corrected chi connectivity index (χ4v) is 1.99. The van der Waals surface area contributed by atoms with Crippen LogP contribution in [0, 0.1) is 23.1 Å². The topological polar surface area (TPSA) is 33.0 Å². The van der Waals surface area contributed by atoms with Gasteiger partial charge in [0.15, 0.2) is 0 Å². The second-order valence-electron chi connectivity index (χ2n) is 4.53. The van der Waals surface area contributed by atoms with Gasteiger partial charge in [-0.05, 0) is 18.4 Å². The molecule has 0 amide bonds. The molecule has 0 unspecified atom stereocenters.